The summed E-state index contributed by atoms with van der Waals surface area (Å²) in [6, 6.07) is 8.41. The predicted molar refractivity (Wildman–Crippen MR) is 122 cm³/mol. The van der Waals surface area contributed by atoms with Gasteiger partial charge in [0.25, 0.3) is 5.91 Å². The average molecular weight is 513 g/mol. The second kappa shape index (κ2) is 7.66. The van der Waals surface area contributed by atoms with E-state index in [9.17, 15) is 18.3 Å². The number of aromatic amines is 1. The van der Waals surface area contributed by atoms with Crippen molar-refractivity contribution in [2.24, 2.45) is 0 Å². The molecule has 0 spiro atoms. The highest BCUT2D eigenvalue weighted by atomic mass is 35.5. The van der Waals surface area contributed by atoms with E-state index in [4.69, 9.17) is 34.8 Å². The van der Waals surface area contributed by atoms with Crippen LogP contribution in [0.5, 0.6) is 5.75 Å². The highest BCUT2D eigenvalue weighted by Crippen LogP contribution is 2.47. The van der Waals surface area contributed by atoms with Gasteiger partial charge in [-0.05, 0) is 42.3 Å². The number of phenols is 1. The summed E-state index contributed by atoms with van der Waals surface area (Å²) in [5.74, 6) is -0.514. The minimum atomic E-state index is -3.25. The van der Waals surface area contributed by atoms with Gasteiger partial charge in [0, 0.05) is 22.2 Å². The predicted octanol–water partition coefficient (Wildman–Crippen LogP) is 4.47. The number of hydrogen-bond acceptors (Lipinski definition) is 5. The molecule has 1 aromatic heterocycles. The molecular weight excluding hydrogens is 497 g/mol. The lowest BCUT2D eigenvalue weighted by Gasteiger charge is -2.31. The van der Waals surface area contributed by atoms with Crippen molar-refractivity contribution in [1.29, 1.82) is 0 Å². The van der Waals surface area contributed by atoms with E-state index in [-0.39, 0.29) is 28.9 Å². The van der Waals surface area contributed by atoms with Gasteiger partial charge in [0.1, 0.15) is 17.1 Å². The number of carbonyl (C=O) groups excluding carboxylic acids is 1. The molecule has 0 saturated carbocycles. The lowest BCUT2D eigenvalue weighted by Crippen LogP contribution is -2.40. The van der Waals surface area contributed by atoms with Gasteiger partial charge in [-0.15, -0.1) is 0 Å². The van der Waals surface area contributed by atoms with Gasteiger partial charge in [0.05, 0.1) is 27.6 Å². The van der Waals surface area contributed by atoms with Gasteiger partial charge in [-0.3, -0.25) is 9.89 Å². The minimum Gasteiger partial charge on any atom is -0.507 e. The summed E-state index contributed by atoms with van der Waals surface area (Å²) in [6.45, 7) is 0. The number of amides is 1. The van der Waals surface area contributed by atoms with Gasteiger partial charge < -0.3 is 10.0 Å². The highest BCUT2D eigenvalue weighted by Gasteiger charge is 2.48. The molecule has 2 unspecified atom stereocenters. The Labute approximate surface area is 198 Å². The number of aromatic hydroxyl groups is 1. The van der Waals surface area contributed by atoms with Gasteiger partial charge in [0.2, 0.25) is 0 Å². The average Bonchev–Trinajstić information content (AvgIpc) is 3.39. The van der Waals surface area contributed by atoms with E-state index >= 15 is 0 Å². The summed E-state index contributed by atoms with van der Waals surface area (Å²) < 4.78 is 24.4. The number of rotatable bonds is 3. The fourth-order valence-electron chi connectivity index (χ4n) is 4.45. The molecule has 0 radical (unpaired) electrons. The molecular formula is C21H16Cl3N3O4S. The standard InChI is InChI=1S/C21H16Cl3N3O4S/c22-11-2-4-16(28)13(8-11)18-17-19(26-25-18)21(29)27(12-5-6-32(30,31)9-12)20(17)10-1-3-14(23)15(24)7-10/h1-4,7-8,12,20,28H,5-6,9H2,(H,25,26). The third-order valence-corrected chi connectivity index (χ3v) is 8.60. The van der Waals surface area contributed by atoms with Crippen LogP contribution in [0.4, 0.5) is 0 Å². The zero-order valence-electron chi connectivity index (χ0n) is 16.3. The molecule has 2 aromatic carbocycles. The van der Waals surface area contributed by atoms with E-state index < -0.39 is 21.9 Å². The Morgan fingerprint density at radius 1 is 1.09 bits per heavy atom. The number of phenolic OH excluding ortho intramolecular Hbond substituents is 1. The van der Waals surface area contributed by atoms with Crippen molar-refractivity contribution < 1.29 is 18.3 Å². The molecule has 1 fully saturated rings. The van der Waals surface area contributed by atoms with Gasteiger partial charge in [0.15, 0.2) is 9.84 Å². The van der Waals surface area contributed by atoms with E-state index in [0.29, 0.717) is 43.9 Å². The van der Waals surface area contributed by atoms with Crippen LogP contribution in [0, 0.1) is 0 Å². The molecule has 166 valence electrons. The number of nitrogens with one attached hydrogen (secondary N) is 1. The first kappa shape index (κ1) is 21.6. The van der Waals surface area contributed by atoms with E-state index in [1.165, 1.54) is 6.07 Å². The third-order valence-electron chi connectivity index (χ3n) is 5.88. The number of aromatic nitrogens is 2. The fraction of sp³-hybridized carbons (Fsp3) is 0.238. The molecule has 3 aromatic rings. The summed E-state index contributed by atoms with van der Waals surface area (Å²) in [6.07, 6.45) is 0.335. The first-order valence-electron chi connectivity index (χ1n) is 9.71. The molecule has 0 bridgehead atoms. The van der Waals surface area contributed by atoms with Crippen molar-refractivity contribution in [1.82, 2.24) is 15.1 Å². The molecule has 5 rings (SSSR count). The molecule has 2 aliphatic rings. The van der Waals surface area contributed by atoms with Crippen molar-refractivity contribution in [3.05, 3.63) is 68.3 Å². The number of benzene rings is 2. The Morgan fingerprint density at radius 3 is 2.56 bits per heavy atom. The Balaban J connectivity index is 1.72. The second-order valence-electron chi connectivity index (χ2n) is 7.87. The summed E-state index contributed by atoms with van der Waals surface area (Å²) in [7, 11) is -3.25. The van der Waals surface area contributed by atoms with Gasteiger partial charge >= 0.3 is 0 Å². The van der Waals surface area contributed by atoms with E-state index in [1.807, 2.05) is 0 Å². The molecule has 1 saturated heterocycles. The van der Waals surface area contributed by atoms with Crippen LogP contribution in [-0.4, -0.2) is 52.1 Å². The lowest BCUT2D eigenvalue weighted by atomic mass is 9.95. The zero-order chi connectivity index (χ0) is 22.8. The Kier molecular flexibility index (Phi) is 5.16. The molecule has 2 aliphatic heterocycles. The van der Waals surface area contributed by atoms with Crippen molar-refractivity contribution in [3.8, 4) is 17.0 Å². The first-order valence-corrected chi connectivity index (χ1v) is 12.7. The quantitative estimate of drug-likeness (QED) is 0.539. The molecule has 0 aliphatic carbocycles. The van der Waals surface area contributed by atoms with Crippen LogP contribution in [0.1, 0.15) is 34.1 Å². The third kappa shape index (κ3) is 3.46. The Morgan fingerprint density at radius 2 is 1.88 bits per heavy atom. The van der Waals surface area contributed by atoms with Gasteiger partial charge in [-0.25, -0.2) is 8.42 Å². The largest absolute Gasteiger partial charge is 0.507 e. The normalized spacial score (nSPS) is 21.8. The summed E-state index contributed by atoms with van der Waals surface area (Å²) >= 11 is 18.5. The Hall–Kier alpha value is -2.26. The monoisotopic (exact) mass is 511 g/mol. The van der Waals surface area contributed by atoms with Crippen molar-refractivity contribution in [3.63, 3.8) is 0 Å². The van der Waals surface area contributed by atoms with E-state index in [2.05, 4.69) is 10.2 Å². The van der Waals surface area contributed by atoms with Crippen LogP contribution in [0.25, 0.3) is 11.3 Å². The van der Waals surface area contributed by atoms with Crippen molar-refractivity contribution >= 4 is 50.5 Å². The number of carbonyl (C=O) groups is 1. The zero-order valence-corrected chi connectivity index (χ0v) is 19.4. The highest BCUT2D eigenvalue weighted by molar-refractivity contribution is 7.91. The smallest absolute Gasteiger partial charge is 0.273 e. The summed E-state index contributed by atoms with van der Waals surface area (Å²) in [4.78, 5) is 15.0. The van der Waals surface area contributed by atoms with Crippen LogP contribution in [0.15, 0.2) is 36.4 Å². The van der Waals surface area contributed by atoms with E-state index in [1.54, 1.807) is 35.2 Å². The molecule has 7 nitrogen and oxygen atoms in total. The number of fused-ring (bicyclic) bond motifs is 1. The number of hydrogen-bond donors (Lipinski definition) is 2. The minimum absolute atomic E-state index is 0.0175. The number of H-pyrrole nitrogens is 1. The molecule has 2 N–H and O–H groups in total. The number of halogens is 3. The van der Waals surface area contributed by atoms with Crippen LogP contribution < -0.4 is 0 Å². The molecule has 2 atom stereocenters. The Bertz CT molecular complexity index is 1370. The van der Waals surface area contributed by atoms with Crippen molar-refractivity contribution in [2.75, 3.05) is 11.5 Å². The van der Waals surface area contributed by atoms with Crippen LogP contribution in [0.2, 0.25) is 15.1 Å². The maximum atomic E-state index is 13.4. The summed E-state index contributed by atoms with van der Waals surface area (Å²) in [5.41, 5.74) is 2.12. The van der Waals surface area contributed by atoms with Crippen molar-refractivity contribution in [2.45, 2.75) is 18.5 Å². The molecule has 11 heteroatoms. The van der Waals surface area contributed by atoms with Gasteiger partial charge in [-0.1, -0.05) is 40.9 Å². The van der Waals surface area contributed by atoms with Gasteiger partial charge in [-0.2, -0.15) is 5.10 Å². The fourth-order valence-corrected chi connectivity index (χ4v) is 6.64. The first-order chi connectivity index (χ1) is 15.2. The van der Waals surface area contributed by atoms with E-state index in [0.717, 1.165) is 0 Å². The SMILES string of the molecule is O=C1c2[nH]nc(-c3cc(Cl)ccc3O)c2C(c2ccc(Cl)c(Cl)c2)N1C1CCS(=O)(=O)C1. The molecule has 3 heterocycles. The lowest BCUT2D eigenvalue weighted by molar-refractivity contribution is 0.0678. The topological polar surface area (TPSA) is 103 Å². The molecule has 32 heavy (non-hydrogen) atoms. The maximum Gasteiger partial charge on any atom is 0.273 e. The number of sulfone groups is 1. The van der Waals surface area contributed by atoms with Crippen LogP contribution >= 0.6 is 34.8 Å². The number of nitrogens with zero attached hydrogens (tertiary/aromatic N) is 2. The summed E-state index contributed by atoms with van der Waals surface area (Å²) in [5, 5.41) is 18.6. The second-order valence-corrected chi connectivity index (χ2v) is 11.3. The maximum absolute atomic E-state index is 13.4. The van der Waals surface area contributed by atoms with Crippen LogP contribution in [-0.2, 0) is 9.84 Å². The molecule has 1 amide bonds. The van der Waals surface area contributed by atoms with Crippen LogP contribution in [0.3, 0.4) is 0 Å².